The van der Waals surface area contributed by atoms with Crippen LogP contribution in [0.3, 0.4) is 0 Å². The zero-order chi connectivity index (χ0) is 18.8. The van der Waals surface area contributed by atoms with Crippen LogP contribution in [0.15, 0.2) is 24.4 Å². The van der Waals surface area contributed by atoms with Crippen molar-refractivity contribution in [3.8, 4) is 17.5 Å². The lowest BCUT2D eigenvalue weighted by molar-refractivity contribution is -0.172. The second-order valence-electron chi connectivity index (χ2n) is 6.00. The number of rotatable bonds is 1. The largest absolute Gasteiger partial charge is 0.506 e. The number of hydrogen-bond donors (Lipinski definition) is 2. The molecule has 1 aromatic carbocycles. The van der Waals surface area contributed by atoms with E-state index >= 15 is 0 Å². The van der Waals surface area contributed by atoms with Crippen molar-refractivity contribution in [3.63, 3.8) is 0 Å². The van der Waals surface area contributed by atoms with Gasteiger partial charge in [-0.2, -0.15) is 18.4 Å². The van der Waals surface area contributed by atoms with Crippen LogP contribution in [0, 0.1) is 11.3 Å². The van der Waals surface area contributed by atoms with Gasteiger partial charge in [-0.25, -0.2) is 8.78 Å². The van der Waals surface area contributed by atoms with Crippen molar-refractivity contribution in [2.45, 2.75) is 31.0 Å². The predicted molar refractivity (Wildman–Crippen MR) is 75.4 cm³/mol. The van der Waals surface area contributed by atoms with Gasteiger partial charge in [-0.1, -0.05) is 0 Å². The fraction of sp³-hybridized carbons (Fsp3) is 0.312. The van der Waals surface area contributed by atoms with Crippen molar-refractivity contribution in [2.75, 3.05) is 0 Å². The minimum atomic E-state index is -4.95. The third-order valence-corrected chi connectivity index (χ3v) is 4.38. The summed E-state index contributed by atoms with van der Waals surface area (Å²) in [7, 11) is 0. The Hall–Kier alpha value is -2.60. The zero-order valence-corrected chi connectivity index (χ0v) is 12.7. The van der Waals surface area contributed by atoms with Gasteiger partial charge in [0.25, 0.3) is 5.92 Å². The van der Waals surface area contributed by atoms with Crippen molar-refractivity contribution < 1.29 is 32.2 Å². The van der Waals surface area contributed by atoms with Crippen LogP contribution >= 0.6 is 0 Å². The van der Waals surface area contributed by atoms with Crippen molar-refractivity contribution in [3.05, 3.63) is 46.8 Å². The number of phenolic OH excluding ortho intramolecular Hbond substituents is 1. The van der Waals surface area contributed by atoms with Gasteiger partial charge in [0.05, 0.1) is 17.5 Å². The van der Waals surface area contributed by atoms with E-state index in [1.807, 2.05) is 0 Å². The van der Waals surface area contributed by atoms with E-state index in [-0.39, 0.29) is 11.3 Å². The summed E-state index contributed by atoms with van der Waals surface area (Å²) in [6, 6.07) is 5.08. The Balaban J connectivity index is 2.29. The van der Waals surface area contributed by atoms with Crippen LogP contribution in [0.4, 0.5) is 22.0 Å². The van der Waals surface area contributed by atoms with Crippen LogP contribution in [-0.4, -0.2) is 20.7 Å². The number of aliphatic hydroxyl groups is 1. The van der Waals surface area contributed by atoms with Crippen LogP contribution < -0.4 is 0 Å². The maximum absolute atomic E-state index is 14.1. The van der Waals surface area contributed by atoms with Crippen LogP contribution in [-0.2, 0) is 18.2 Å². The molecule has 9 heteroatoms. The highest BCUT2D eigenvalue weighted by Gasteiger charge is 2.61. The smallest absolute Gasteiger partial charge is 0.418 e. The van der Waals surface area contributed by atoms with Crippen molar-refractivity contribution >= 4 is 0 Å². The molecule has 1 atom stereocenters. The Morgan fingerprint density at radius 1 is 1.28 bits per heavy atom. The van der Waals surface area contributed by atoms with Crippen molar-refractivity contribution in [2.24, 2.45) is 0 Å². The van der Waals surface area contributed by atoms with Gasteiger partial charge in [-0.15, -0.1) is 0 Å². The van der Waals surface area contributed by atoms with E-state index < -0.39 is 46.7 Å². The topological polar surface area (TPSA) is 69.2 Å². The Labute approximate surface area is 138 Å². The molecule has 0 radical (unpaired) electrons. The summed E-state index contributed by atoms with van der Waals surface area (Å²) in [6.45, 7) is 0.647. The van der Waals surface area contributed by atoms with E-state index in [0.717, 1.165) is 16.7 Å². The van der Waals surface area contributed by atoms with Gasteiger partial charge in [0.15, 0.2) is 5.60 Å². The Kier molecular flexibility index (Phi) is 3.41. The molecular formula is C16H11F5N2O2. The molecule has 0 spiro atoms. The normalized spacial score (nSPS) is 21.8. The number of halogens is 5. The lowest BCUT2D eigenvalue weighted by Gasteiger charge is -2.27. The molecule has 1 aliphatic carbocycles. The Morgan fingerprint density at radius 3 is 2.44 bits per heavy atom. The molecule has 1 aliphatic rings. The van der Waals surface area contributed by atoms with Gasteiger partial charge in [0.1, 0.15) is 11.8 Å². The first-order valence-electron chi connectivity index (χ1n) is 7.05. The summed E-state index contributed by atoms with van der Waals surface area (Å²) in [6.07, 6.45) is -5.43. The van der Waals surface area contributed by atoms with E-state index in [9.17, 15) is 32.2 Å². The maximum atomic E-state index is 14.1. The van der Waals surface area contributed by atoms with Gasteiger partial charge in [-0.3, -0.25) is 0 Å². The summed E-state index contributed by atoms with van der Waals surface area (Å²) in [5.74, 6) is -4.28. The molecular weight excluding hydrogens is 347 g/mol. The lowest BCUT2D eigenvalue weighted by Crippen LogP contribution is -2.40. The van der Waals surface area contributed by atoms with Gasteiger partial charge >= 0.3 is 6.18 Å². The van der Waals surface area contributed by atoms with E-state index in [4.69, 9.17) is 5.26 Å². The first-order valence-corrected chi connectivity index (χ1v) is 7.05. The fourth-order valence-electron chi connectivity index (χ4n) is 3.04. The standard InChI is InChI=1S/C16H11F5N2O2/c1-14(25)13-10(16(19,20)21)7-23(11(13)5-15(14,17)18)9-3-2-8(6-22)12(24)4-9/h2-4,7,24-25H,5H2,1H3. The van der Waals surface area contributed by atoms with E-state index in [1.165, 1.54) is 6.07 Å². The first-order chi connectivity index (χ1) is 11.4. The monoisotopic (exact) mass is 358 g/mol. The fourth-order valence-corrected chi connectivity index (χ4v) is 3.04. The molecule has 0 amide bonds. The Bertz CT molecular complexity index is 906. The van der Waals surface area contributed by atoms with Gasteiger partial charge < -0.3 is 14.8 Å². The van der Waals surface area contributed by atoms with Gasteiger partial charge in [0, 0.05) is 29.2 Å². The molecule has 3 rings (SSSR count). The highest BCUT2D eigenvalue weighted by Crippen LogP contribution is 2.53. The summed E-state index contributed by atoms with van der Waals surface area (Å²) >= 11 is 0. The predicted octanol–water partition coefficient (Wildman–Crippen LogP) is 3.47. The molecule has 4 nitrogen and oxygen atoms in total. The maximum Gasteiger partial charge on any atom is 0.418 e. The number of aromatic nitrogens is 1. The van der Waals surface area contributed by atoms with Crippen molar-refractivity contribution in [1.82, 2.24) is 4.57 Å². The number of alkyl halides is 5. The van der Waals surface area contributed by atoms with Crippen LogP contribution in [0.5, 0.6) is 5.75 Å². The molecule has 25 heavy (non-hydrogen) atoms. The number of phenols is 1. The minimum absolute atomic E-state index is 0.0308. The lowest BCUT2D eigenvalue weighted by atomic mass is 9.94. The Morgan fingerprint density at radius 2 is 1.92 bits per heavy atom. The highest BCUT2D eigenvalue weighted by atomic mass is 19.4. The molecule has 1 unspecified atom stereocenters. The van der Waals surface area contributed by atoms with Crippen LogP contribution in [0.25, 0.3) is 5.69 Å². The molecule has 0 aliphatic heterocycles. The number of nitrogens with zero attached hydrogens (tertiary/aromatic N) is 2. The summed E-state index contributed by atoms with van der Waals surface area (Å²) in [5, 5.41) is 28.6. The number of benzene rings is 1. The van der Waals surface area contributed by atoms with Crippen LogP contribution in [0.1, 0.15) is 29.3 Å². The molecule has 1 heterocycles. The third kappa shape index (κ3) is 2.36. The average molecular weight is 358 g/mol. The van der Waals surface area contributed by atoms with E-state index in [1.54, 1.807) is 6.07 Å². The van der Waals surface area contributed by atoms with Crippen LogP contribution in [0.2, 0.25) is 0 Å². The van der Waals surface area contributed by atoms with Gasteiger partial charge in [-0.05, 0) is 19.1 Å². The first kappa shape index (κ1) is 17.2. The second-order valence-corrected chi connectivity index (χ2v) is 6.00. The molecule has 0 fully saturated rings. The summed E-state index contributed by atoms with van der Waals surface area (Å²) in [4.78, 5) is 0. The molecule has 1 aromatic heterocycles. The molecule has 132 valence electrons. The number of fused-ring (bicyclic) bond motifs is 1. The molecule has 0 saturated carbocycles. The summed E-state index contributed by atoms with van der Waals surface area (Å²) < 4.78 is 68.9. The molecule has 0 saturated heterocycles. The third-order valence-electron chi connectivity index (χ3n) is 4.38. The minimum Gasteiger partial charge on any atom is -0.506 e. The second kappa shape index (κ2) is 4.95. The summed E-state index contributed by atoms with van der Waals surface area (Å²) in [5.41, 5.74) is -5.76. The highest BCUT2D eigenvalue weighted by molar-refractivity contribution is 5.54. The van der Waals surface area contributed by atoms with E-state index in [0.29, 0.717) is 13.1 Å². The van der Waals surface area contributed by atoms with E-state index in [2.05, 4.69) is 0 Å². The number of nitriles is 1. The molecule has 0 bridgehead atoms. The van der Waals surface area contributed by atoms with Gasteiger partial charge in [0.2, 0.25) is 0 Å². The zero-order valence-electron chi connectivity index (χ0n) is 12.7. The SMILES string of the molecule is CC1(O)c2c(C(F)(F)F)cn(-c3ccc(C#N)c(O)c3)c2CC1(F)F. The number of hydrogen-bond acceptors (Lipinski definition) is 3. The number of aromatic hydroxyl groups is 1. The molecule has 2 N–H and O–H groups in total. The average Bonchev–Trinajstić information content (AvgIpc) is 2.93. The quantitative estimate of drug-likeness (QED) is 0.767. The molecule has 2 aromatic rings. The van der Waals surface area contributed by atoms with Crippen molar-refractivity contribution in [1.29, 1.82) is 5.26 Å².